The Hall–Kier alpha value is -1.75. The summed E-state index contributed by atoms with van der Waals surface area (Å²) in [4.78, 5) is 4.25. The van der Waals surface area contributed by atoms with Crippen LogP contribution in [0.15, 0.2) is 34.9 Å². The van der Waals surface area contributed by atoms with Crippen molar-refractivity contribution >= 4 is 21.6 Å². The van der Waals surface area contributed by atoms with Gasteiger partial charge >= 0.3 is 0 Å². The number of anilines is 1. The summed E-state index contributed by atoms with van der Waals surface area (Å²) < 4.78 is 11.7. The lowest BCUT2D eigenvalue weighted by Gasteiger charge is -2.10. The molecule has 1 aliphatic rings. The van der Waals surface area contributed by atoms with Gasteiger partial charge in [-0.05, 0) is 36.8 Å². The normalized spacial score (nSPS) is 12.5. The van der Waals surface area contributed by atoms with E-state index in [1.54, 1.807) is 6.20 Å². The maximum absolute atomic E-state index is 5.39. The molecule has 1 aliphatic heterocycles. The number of nitrogens with one attached hydrogen (secondary N) is 1. The van der Waals surface area contributed by atoms with E-state index >= 15 is 0 Å². The van der Waals surface area contributed by atoms with E-state index in [0.717, 1.165) is 32.9 Å². The summed E-state index contributed by atoms with van der Waals surface area (Å²) in [6.07, 6.45) is 1.79. The minimum Gasteiger partial charge on any atom is -0.454 e. The van der Waals surface area contributed by atoms with Crippen LogP contribution < -0.4 is 14.8 Å². The largest absolute Gasteiger partial charge is 0.454 e. The van der Waals surface area contributed by atoms with Gasteiger partial charge in [0.2, 0.25) is 6.79 Å². The predicted octanol–water partition coefficient (Wildman–Crippen LogP) is 3.49. The molecule has 5 heteroatoms. The van der Waals surface area contributed by atoms with Crippen LogP contribution in [0.5, 0.6) is 11.5 Å². The van der Waals surface area contributed by atoms with Gasteiger partial charge in [0.25, 0.3) is 0 Å². The molecule has 0 radical (unpaired) electrons. The van der Waals surface area contributed by atoms with Crippen molar-refractivity contribution in [3.05, 3.63) is 46.2 Å². The molecule has 2 heterocycles. The molecule has 0 amide bonds. The summed E-state index contributed by atoms with van der Waals surface area (Å²) >= 11 is 3.55. The molecule has 0 saturated carbocycles. The predicted molar refractivity (Wildman–Crippen MR) is 76.6 cm³/mol. The molecule has 0 saturated heterocycles. The van der Waals surface area contributed by atoms with E-state index in [1.807, 2.05) is 31.2 Å². The van der Waals surface area contributed by atoms with Gasteiger partial charge < -0.3 is 14.8 Å². The van der Waals surface area contributed by atoms with Crippen molar-refractivity contribution in [2.24, 2.45) is 0 Å². The first-order valence-corrected chi connectivity index (χ1v) is 6.77. The highest BCUT2D eigenvalue weighted by molar-refractivity contribution is 9.10. The van der Waals surface area contributed by atoms with Crippen LogP contribution in [0.2, 0.25) is 0 Å². The van der Waals surface area contributed by atoms with Gasteiger partial charge in [0.15, 0.2) is 11.5 Å². The SMILES string of the molecule is Cc1ncccc1NCc1cc2c(cc1Br)OCO2. The number of aryl methyl sites for hydroxylation is 1. The summed E-state index contributed by atoms with van der Waals surface area (Å²) in [6, 6.07) is 7.87. The van der Waals surface area contributed by atoms with Gasteiger partial charge in [-0.3, -0.25) is 4.98 Å². The average Bonchev–Trinajstić information content (AvgIpc) is 2.84. The van der Waals surface area contributed by atoms with Crippen LogP contribution in [0, 0.1) is 6.92 Å². The Balaban J connectivity index is 1.79. The molecule has 0 spiro atoms. The van der Waals surface area contributed by atoms with Crippen molar-refractivity contribution in [1.82, 2.24) is 4.98 Å². The molecule has 0 aliphatic carbocycles. The van der Waals surface area contributed by atoms with Crippen LogP contribution in [-0.4, -0.2) is 11.8 Å². The van der Waals surface area contributed by atoms with E-state index < -0.39 is 0 Å². The summed E-state index contributed by atoms with van der Waals surface area (Å²) in [7, 11) is 0. The van der Waals surface area contributed by atoms with E-state index in [2.05, 4.69) is 26.2 Å². The van der Waals surface area contributed by atoms with E-state index in [9.17, 15) is 0 Å². The lowest BCUT2D eigenvalue weighted by molar-refractivity contribution is 0.174. The van der Waals surface area contributed by atoms with Crippen molar-refractivity contribution in [2.45, 2.75) is 13.5 Å². The van der Waals surface area contributed by atoms with Crippen LogP contribution in [0.3, 0.4) is 0 Å². The second kappa shape index (κ2) is 5.09. The van der Waals surface area contributed by atoms with Crippen molar-refractivity contribution in [2.75, 3.05) is 12.1 Å². The van der Waals surface area contributed by atoms with Crippen molar-refractivity contribution < 1.29 is 9.47 Å². The number of benzene rings is 1. The molecule has 0 unspecified atom stereocenters. The molecule has 1 aromatic heterocycles. The monoisotopic (exact) mass is 320 g/mol. The molecule has 2 aromatic rings. The topological polar surface area (TPSA) is 43.4 Å². The minimum absolute atomic E-state index is 0.292. The van der Waals surface area contributed by atoms with E-state index in [1.165, 1.54) is 0 Å². The van der Waals surface area contributed by atoms with Crippen LogP contribution in [-0.2, 0) is 6.54 Å². The van der Waals surface area contributed by atoms with E-state index in [-0.39, 0.29) is 0 Å². The van der Waals surface area contributed by atoms with E-state index in [0.29, 0.717) is 13.3 Å². The van der Waals surface area contributed by atoms with Crippen molar-refractivity contribution in [3.63, 3.8) is 0 Å². The smallest absolute Gasteiger partial charge is 0.231 e. The summed E-state index contributed by atoms with van der Waals surface area (Å²) in [5.74, 6) is 1.58. The Morgan fingerprint density at radius 1 is 1.32 bits per heavy atom. The zero-order valence-corrected chi connectivity index (χ0v) is 12.0. The van der Waals surface area contributed by atoms with Crippen LogP contribution >= 0.6 is 15.9 Å². The van der Waals surface area contributed by atoms with Crippen LogP contribution in [0.1, 0.15) is 11.3 Å². The number of hydrogen-bond acceptors (Lipinski definition) is 4. The zero-order chi connectivity index (χ0) is 13.2. The first-order chi connectivity index (χ1) is 9.24. The number of halogens is 1. The number of aromatic nitrogens is 1. The minimum atomic E-state index is 0.292. The number of nitrogens with zero attached hydrogens (tertiary/aromatic N) is 1. The standard InChI is InChI=1S/C14H13BrN2O2/c1-9-12(3-2-4-16-9)17-7-10-5-13-14(6-11(10)15)19-8-18-13/h2-6,17H,7-8H2,1H3. The molecule has 0 bridgehead atoms. The summed E-state index contributed by atoms with van der Waals surface area (Å²) in [6.45, 7) is 2.97. The van der Waals surface area contributed by atoms with Gasteiger partial charge in [-0.25, -0.2) is 0 Å². The van der Waals surface area contributed by atoms with E-state index in [4.69, 9.17) is 9.47 Å². The molecule has 0 atom stereocenters. The number of pyridine rings is 1. The second-order valence-corrected chi connectivity index (χ2v) is 5.14. The fraction of sp³-hybridized carbons (Fsp3) is 0.214. The quantitative estimate of drug-likeness (QED) is 0.940. The third-order valence-electron chi connectivity index (χ3n) is 3.02. The molecule has 1 N–H and O–H groups in total. The number of fused-ring (bicyclic) bond motifs is 1. The first kappa shape index (κ1) is 12.3. The van der Waals surface area contributed by atoms with Crippen LogP contribution in [0.4, 0.5) is 5.69 Å². The van der Waals surface area contributed by atoms with Gasteiger partial charge in [-0.15, -0.1) is 0 Å². The average molecular weight is 321 g/mol. The lowest BCUT2D eigenvalue weighted by Crippen LogP contribution is -2.02. The fourth-order valence-electron chi connectivity index (χ4n) is 1.96. The highest BCUT2D eigenvalue weighted by Gasteiger charge is 2.16. The number of hydrogen-bond donors (Lipinski definition) is 1. The Morgan fingerprint density at radius 3 is 2.89 bits per heavy atom. The first-order valence-electron chi connectivity index (χ1n) is 5.97. The number of ether oxygens (including phenoxy) is 2. The summed E-state index contributed by atoms with van der Waals surface area (Å²) in [5, 5.41) is 3.37. The molecule has 19 heavy (non-hydrogen) atoms. The van der Waals surface area contributed by atoms with Gasteiger partial charge in [0, 0.05) is 17.2 Å². The Labute approximate surface area is 119 Å². The number of rotatable bonds is 3. The zero-order valence-electron chi connectivity index (χ0n) is 10.4. The fourth-order valence-corrected chi connectivity index (χ4v) is 2.42. The Morgan fingerprint density at radius 2 is 2.11 bits per heavy atom. The van der Waals surface area contributed by atoms with Crippen LogP contribution in [0.25, 0.3) is 0 Å². The Bertz CT molecular complexity index is 616. The molecule has 98 valence electrons. The maximum atomic E-state index is 5.39. The maximum Gasteiger partial charge on any atom is 0.231 e. The van der Waals surface area contributed by atoms with Crippen molar-refractivity contribution in [3.8, 4) is 11.5 Å². The highest BCUT2D eigenvalue weighted by atomic mass is 79.9. The van der Waals surface area contributed by atoms with Crippen molar-refractivity contribution in [1.29, 1.82) is 0 Å². The lowest BCUT2D eigenvalue weighted by atomic mass is 10.2. The third-order valence-corrected chi connectivity index (χ3v) is 3.76. The van der Waals surface area contributed by atoms with Gasteiger partial charge in [0.05, 0.1) is 11.4 Å². The summed E-state index contributed by atoms with van der Waals surface area (Å²) in [5.41, 5.74) is 3.14. The highest BCUT2D eigenvalue weighted by Crippen LogP contribution is 2.37. The van der Waals surface area contributed by atoms with Gasteiger partial charge in [0.1, 0.15) is 0 Å². The molecule has 0 fully saturated rings. The third kappa shape index (κ3) is 2.51. The molecule has 1 aromatic carbocycles. The van der Waals surface area contributed by atoms with Gasteiger partial charge in [-0.2, -0.15) is 0 Å². The molecule has 4 nitrogen and oxygen atoms in total. The van der Waals surface area contributed by atoms with Gasteiger partial charge in [-0.1, -0.05) is 15.9 Å². The second-order valence-electron chi connectivity index (χ2n) is 4.29. The molecule has 3 rings (SSSR count). The Kier molecular flexibility index (Phi) is 3.29. The molecular weight excluding hydrogens is 308 g/mol. The molecular formula is C14H13BrN2O2.